The van der Waals surface area contributed by atoms with Crippen LogP contribution in [0.2, 0.25) is 0 Å². The third-order valence-corrected chi connectivity index (χ3v) is 6.59. The molecule has 26 heavy (non-hydrogen) atoms. The molecule has 0 amide bonds. The molecule has 2 unspecified atom stereocenters. The molecule has 0 bridgehead atoms. The van der Waals surface area contributed by atoms with Gasteiger partial charge in [0.15, 0.2) is 0 Å². The monoisotopic (exact) mass is 437 g/mol. The second-order valence-corrected chi connectivity index (χ2v) is 8.94. The topological polar surface area (TPSA) is 55.8 Å². The number of hydroxylamine groups is 1. The molecule has 0 fully saturated rings. The van der Waals surface area contributed by atoms with E-state index >= 15 is 0 Å². The fraction of sp³-hybridized carbons (Fsp3) is 0.263. The van der Waals surface area contributed by atoms with E-state index in [0.29, 0.717) is 0 Å². The Morgan fingerprint density at radius 2 is 1.73 bits per heavy atom. The quantitative estimate of drug-likeness (QED) is 0.670. The lowest BCUT2D eigenvalue weighted by Crippen LogP contribution is -2.46. The predicted octanol–water partition coefficient (Wildman–Crippen LogP) is 4.25. The molecular formula is C19H20BrNO4S. The zero-order valence-electron chi connectivity index (χ0n) is 14.7. The number of nitrogens with zero attached hydrogens (tertiary/aromatic N) is 1. The minimum atomic E-state index is -3.81. The molecule has 0 aliphatic carbocycles. The van der Waals surface area contributed by atoms with Crippen molar-refractivity contribution in [2.24, 2.45) is 0 Å². The SMILES string of the molecule is COc1ccc(C2(C)C=CC(C)N(S(=O)(=O)c3ccc(Br)cc3)O2)cc1. The lowest BCUT2D eigenvalue weighted by molar-refractivity contribution is -0.188. The van der Waals surface area contributed by atoms with Crippen LogP contribution in [0.4, 0.5) is 0 Å². The molecule has 5 nitrogen and oxygen atoms in total. The summed E-state index contributed by atoms with van der Waals surface area (Å²) in [6.07, 6.45) is 3.72. The van der Waals surface area contributed by atoms with Crippen molar-refractivity contribution in [1.29, 1.82) is 0 Å². The number of rotatable bonds is 4. The summed E-state index contributed by atoms with van der Waals surface area (Å²) in [6.45, 7) is 3.61. The van der Waals surface area contributed by atoms with Gasteiger partial charge in [0.1, 0.15) is 11.4 Å². The minimum Gasteiger partial charge on any atom is -0.497 e. The molecule has 7 heteroatoms. The van der Waals surface area contributed by atoms with Crippen LogP contribution in [0.3, 0.4) is 0 Å². The van der Waals surface area contributed by atoms with Crippen LogP contribution < -0.4 is 4.74 Å². The maximum Gasteiger partial charge on any atom is 0.265 e. The Morgan fingerprint density at radius 3 is 2.31 bits per heavy atom. The number of benzene rings is 2. The molecule has 2 aromatic carbocycles. The van der Waals surface area contributed by atoms with Gasteiger partial charge in [0.05, 0.1) is 18.0 Å². The summed E-state index contributed by atoms with van der Waals surface area (Å²) >= 11 is 3.32. The molecule has 1 aliphatic rings. The zero-order chi connectivity index (χ0) is 18.9. The van der Waals surface area contributed by atoms with Gasteiger partial charge in [-0.3, -0.25) is 4.84 Å². The van der Waals surface area contributed by atoms with Gasteiger partial charge in [-0.1, -0.05) is 38.6 Å². The van der Waals surface area contributed by atoms with E-state index < -0.39 is 21.7 Å². The van der Waals surface area contributed by atoms with Crippen molar-refractivity contribution in [3.8, 4) is 5.75 Å². The van der Waals surface area contributed by atoms with E-state index in [1.54, 1.807) is 38.3 Å². The van der Waals surface area contributed by atoms with Crippen LogP contribution in [0.15, 0.2) is 70.1 Å². The van der Waals surface area contributed by atoms with Crippen LogP contribution in [0.5, 0.6) is 5.75 Å². The van der Waals surface area contributed by atoms with Gasteiger partial charge in [-0.15, -0.1) is 0 Å². The van der Waals surface area contributed by atoms with Gasteiger partial charge in [-0.05, 0) is 61.9 Å². The first kappa shape index (κ1) is 19.1. The standard InChI is InChI=1S/C19H20BrNO4S/c1-14-12-13-19(2,15-4-8-17(24-3)9-5-15)25-21(14)26(22,23)18-10-6-16(20)7-11-18/h4-14H,1-3H3. The summed E-state index contributed by atoms with van der Waals surface area (Å²) in [6, 6.07) is 13.5. The second kappa shape index (κ2) is 7.15. The predicted molar refractivity (Wildman–Crippen MR) is 103 cm³/mol. The van der Waals surface area contributed by atoms with Crippen molar-refractivity contribution in [2.75, 3.05) is 7.11 Å². The van der Waals surface area contributed by atoms with E-state index in [1.165, 1.54) is 0 Å². The summed E-state index contributed by atoms with van der Waals surface area (Å²) in [4.78, 5) is 6.18. The van der Waals surface area contributed by atoms with Crippen molar-refractivity contribution in [1.82, 2.24) is 4.47 Å². The smallest absolute Gasteiger partial charge is 0.265 e. The molecule has 1 aliphatic heterocycles. The van der Waals surface area contributed by atoms with Crippen LogP contribution in [-0.4, -0.2) is 26.0 Å². The normalized spacial score (nSPS) is 23.8. The molecule has 2 aromatic rings. The van der Waals surface area contributed by atoms with Crippen molar-refractivity contribution in [2.45, 2.75) is 30.4 Å². The van der Waals surface area contributed by atoms with Crippen LogP contribution >= 0.6 is 15.9 Å². The summed E-state index contributed by atoms with van der Waals surface area (Å²) < 4.78 is 33.2. The largest absolute Gasteiger partial charge is 0.497 e. The number of methoxy groups -OCH3 is 1. The highest BCUT2D eigenvalue weighted by Crippen LogP contribution is 2.36. The molecular weight excluding hydrogens is 418 g/mol. The molecule has 0 spiro atoms. The third kappa shape index (κ3) is 3.57. The van der Waals surface area contributed by atoms with Gasteiger partial charge < -0.3 is 4.74 Å². The van der Waals surface area contributed by atoms with Gasteiger partial charge in [-0.2, -0.15) is 0 Å². The van der Waals surface area contributed by atoms with E-state index in [4.69, 9.17) is 9.57 Å². The highest BCUT2D eigenvalue weighted by Gasteiger charge is 2.40. The van der Waals surface area contributed by atoms with E-state index in [0.717, 1.165) is 20.3 Å². The average molecular weight is 438 g/mol. The van der Waals surface area contributed by atoms with E-state index in [1.807, 2.05) is 43.3 Å². The van der Waals surface area contributed by atoms with Crippen LogP contribution in [-0.2, 0) is 20.5 Å². The van der Waals surface area contributed by atoms with Crippen LogP contribution in [0.1, 0.15) is 19.4 Å². The minimum absolute atomic E-state index is 0.180. The maximum atomic E-state index is 13.1. The van der Waals surface area contributed by atoms with Gasteiger partial charge in [0.2, 0.25) is 0 Å². The fourth-order valence-electron chi connectivity index (χ4n) is 2.74. The van der Waals surface area contributed by atoms with Gasteiger partial charge in [-0.25, -0.2) is 8.42 Å². The van der Waals surface area contributed by atoms with Crippen LogP contribution in [0, 0.1) is 0 Å². The van der Waals surface area contributed by atoms with Crippen molar-refractivity contribution < 1.29 is 18.0 Å². The Morgan fingerprint density at radius 1 is 1.12 bits per heavy atom. The first-order valence-electron chi connectivity index (χ1n) is 8.09. The Bertz CT molecular complexity index is 910. The lowest BCUT2D eigenvalue weighted by atomic mass is 9.94. The number of hydrogen-bond donors (Lipinski definition) is 0. The van der Waals surface area contributed by atoms with Gasteiger partial charge >= 0.3 is 0 Å². The number of halogens is 1. The highest BCUT2D eigenvalue weighted by molar-refractivity contribution is 9.10. The summed E-state index contributed by atoms with van der Waals surface area (Å²) in [5, 5.41) is 0. The average Bonchev–Trinajstić information content (AvgIpc) is 2.64. The highest BCUT2D eigenvalue weighted by atomic mass is 79.9. The van der Waals surface area contributed by atoms with E-state index in [9.17, 15) is 8.42 Å². The third-order valence-electron chi connectivity index (χ3n) is 4.32. The van der Waals surface area contributed by atoms with Gasteiger partial charge in [0.25, 0.3) is 10.0 Å². The lowest BCUT2D eigenvalue weighted by Gasteiger charge is -2.38. The fourth-order valence-corrected chi connectivity index (χ4v) is 4.46. The molecule has 0 saturated carbocycles. The van der Waals surface area contributed by atoms with Crippen molar-refractivity contribution >= 4 is 26.0 Å². The van der Waals surface area contributed by atoms with E-state index in [-0.39, 0.29) is 4.90 Å². The Labute approximate surface area is 162 Å². The first-order valence-corrected chi connectivity index (χ1v) is 10.3. The molecule has 0 N–H and O–H groups in total. The Hall–Kier alpha value is -1.67. The summed E-state index contributed by atoms with van der Waals surface area (Å²) in [5.41, 5.74) is -0.0706. The summed E-state index contributed by atoms with van der Waals surface area (Å²) in [5.74, 6) is 0.727. The zero-order valence-corrected chi connectivity index (χ0v) is 17.1. The number of sulfonamides is 1. The summed E-state index contributed by atoms with van der Waals surface area (Å²) in [7, 11) is -2.21. The Balaban J connectivity index is 1.96. The number of hydrogen-bond acceptors (Lipinski definition) is 4. The molecule has 138 valence electrons. The molecule has 3 rings (SSSR count). The molecule has 1 heterocycles. The first-order chi connectivity index (χ1) is 12.3. The molecule has 0 aromatic heterocycles. The molecule has 0 radical (unpaired) electrons. The van der Waals surface area contributed by atoms with Gasteiger partial charge in [0, 0.05) is 4.47 Å². The molecule has 2 atom stereocenters. The Kier molecular flexibility index (Phi) is 5.25. The second-order valence-electron chi connectivity index (χ2n) is 6.24. The van der Waals surface area contributed by atoms with Crippen molar-refractivity contribution in [3.05, 3.63) is 70.7 Å². The van der Waals surface area contributed by atoms with Crippen molar-refractivity contribution in [3.63, 3.8) is 0 Å². The van der Waals surface area contributed by atoms with Crippen LogP contribution in [0.25, 0.3) is 0 Å². The number of ether oxygens (including phenoxy) is 1. The maximum absolute atomic E-state index is 13.1. The van der Waals surface area contributed by atoms with E-state index in [2.05, 4.69) is 15.9 Å². The molecule has 0 saturated heterocycles.